The van der Waals surface area contributed by atoms with Gasteiger partial charge in [0.2, 0.25) is 0 Å². The van der Waals surface area contributed by atoms with E-state index in [0.29, 0.717) is 6.54 Å². The molecule has 0 heterocycles. The third-order valence-electron chi connectivity index (χ3n) is 2.84. The molecule has 3 N–H and O–H groups in total. The van der Waals surface area contributed by atoms with Crippen LogP contribution in [0.2, 0.25) is 0 Å². The van der Waals surface area contributed by atoms with Crippen LogP contribution in [-0.4, -0.2) is 26.8 Å². The Morgan fingerprint density at radius 1 is 1.33 bits per heavy atom. The number of rotatable bonds is 5. The highest BCUT2D eigenvalue weighted by Gasteiger charge is 2.25. The van der Waals surface area contributed by atoms with E-state index >= 15 is 0 Å². The number of amides is 2. The lowest BCUT2D eigenvalue weighted by Gasteiger charge is -2.27. The molecule has 0 radical (unpaired) electrons. The van der Waals surface area contributed by atoms with Crippen LogP contribution in [0.25, 0.3) is 0 Å². The van der Waals surface area contributed by atoms with Gasteiger partial charge in [0.25, 0.3) is 0 Å². The summed E-state index contributed by atoms with van der Waals surface area (Å²) in [5.74, 6) is 1.46. The molecule has 1 aromatic rings. The number of urea groups is 1. The van der Waals surface area contributed by atoms with Gasteiger partial charge in [-0.15, -0.1) is 0 Å². The van der Waals surface area contributed by atoms with Crippen molar-refractivity contribution in [2.75, 3.05) is 20.8 Å². The lowest BCUT2D eigenvalue weighted by atomic mass is 9.84. The van der Waals surface area contributed by atoms with E-state index in [0.717, 1.165) is 17.1 Å². The van der Waals surface area contributed by atoms with Crippen molar-refractivity contribution in [1.29, 1.82) is 0 Å². The number of carbonyl (C=O) groups is 1. The van der Waals surface area contributed by atoms with Crippen molar-refractivity contribution < 1.29 is 14.3 Å². The van der Waals surface area contributed by atoms with Gasteiger partial charge in [-0.1, -0.05) is 19.9 Å². The molecule has 1 rings (SSSR count). The van der Waals surface area contributed by atoms with Crippen molar-refractivity contribution in [2.45, 2.75) is 19.3 Å². The third-order valence-corrected chi connectivity index (χ3v) is 2.84. The first-order chi connectivity index (χ1) is 8.40. The van der Waals surface area contributed by atoms with Gasteiger partial charge in [0.05, 0.1) is 14.2 Å². The second-order valence-electron chi connectivity index (χ2n) is 4.67. The number of benzene rings is 1. The van der Waals surface area contributed by atoms with E-state index in [1.807, 2.05) is 32.0 Å². The standard InChI is InChI=1S/C13H20N2O3/c1-13(2,8-15-12(14)16)10-6-5-9(17-3)7-11(10)18-4/h5-7H,8H2,1-4H3,(H3,14,15,16). The second-order valence-corrected chi connectivity index (χ2v) is 4.67. The zero-order chi connectivity index (χ0) is 13.8. The molecule has 0 aliphatic carbocycles. The number of hydrogen-bond donors (Lipinski definition) is 2. The second kappa shape index (κ2) is 5.62. The van der Waals surface area contributed by atoms with E-state index in [2.05, 4.69) is 5.32 Å². The summed E-state index contributed by atoms with van der Waals surface area (Å²) >= 11 is 0. The number of nitrogens with two attached hydrogens (primary N) is 1. The summed E-state index contributed by atoms with van der Waals surface area (Å²) in [6.45, 7) is 4.45. The van der Waals surface area contributed by atoms with Crippen LogP contribution >= 0.6 is 0 Å². The minimum absolute atomic E-state index is 0.285. The zero-order valence-corrected chi connectivity index (χ0v) is 11.2. The molecule has 0 aliphatic rings. The molecular weight excluding hydrogens is 232 g/mol. The third kappa shape index (κ3) is 3.29. The van der Waals surface area contributed by atoms with Gasteiger partial charge >= 0.3 is 6.03 Å². The molecule has 5 heteroatoms. The van der Waals surface area contributed by atoms with Crippen molar-refractivity contribution in [3.63, 3.8) is 0 Å². The van der Waals surface area contributed by atoms with Crippen molar-refractivity contribution >= 4 is 6.03 Å². The Kier molecular flexibility index (Phi) is 4.42. The summed E-state index contributed by atoms with van der Waals surface area (Å²) in [7, 11) is 3.21. The Labute approximate surface area is 107 Å². The van der Waals surface area contributed by atoms with Gasteiger partial charge in [0, 0.05) is 23.6 Å². The highest BCUT2D eigenvalue weighted by molar-refractivity contribution is 5.71. The lowest BCUT2D eigenvalue weighted by molar-refractivity contribution is 0.246. The van der Waals surface area contributed by atoms with Crippen molar-refractivity contribution in [2.24, 2.45) is 5.73 Å². The Hall–Kier alpha value is -1.91. The smallest absolute Gasteiger partial charge is 0.312 e. The van der Waals surface area contributed by atoms with Crippen LogP contribution in [0.3, 0.4) is 0 Å². The monoisotopic (exact) mass is 252 g/mol. The van der Waals surface area contributed by atoms with Crippen molar-refractivity contribution in [1.82, 2.24) is 5.32 Å². The molecule has 18 heavy (non-hydrogen) atoms. The van der Waals surface area contributed by atoms with Crippen molar-refractivity contribution in [3.8, 4) is 11.5 Å². The first kappa shape index (κ1) is 14.2. The van der Waals surface area contributed by atoms with E-state index < -0.39 is 6.03 Å². The number of primary amides is 1. The largest absolute Gasteiger partial charge is 0.497 e. The molecule has 0 atom stereocenters. The Bertz CT molecular complexity index is 430. The highest BCUT2D eigenvalue weighted by Crippen LogP contribution is 2.33. The lowest BCUT2D eigenvalue weighted by Crippen LogP contribution is -2.39. The maximum Gasteiger partial charge on any atom is 0.312 e. The first-order valence-corrected chi connectivity index (χ1v) is 5.66. The number of ether oxygens (including phenoxy) is 2. The van der Waals surface area contributed by atoms with E-state index in [4.69, 9.17) is 15.2 Å². The summed E-state index contributed by atoms with van der Waals surface area (Å²) < 4.78 is 10.5. The first-order valence-electron chi connectivity index (χ1n) is 5.66. The molecule has 0 spiro atoms. The van der Waals surface area contributed by atoms with Gasteiger partial charge in [0.1, 0.15) is 11.5 Å². The Morgan fingerprint density at radius 2 is 2.00 bits per heavy atom. The predicted octanol–water partition coefficient (Wildman–Crippen LogP) is 1.65. The summed E-state index contributed by atoms with van der Waals surface area (Å²) in [6.07, 6.45) is 0. The molecule has 5 nitrogen and oxygen atoms in total. The van der Waals surface area contributed by atoms with Crippen LogP contribution in [0, 0.1) is 0 Å². The minimum atomic E-state index is -0.532. The summed E-state index contributed by atoms with van der Waals surface area (Å²) in [6, 6.07) is 5.08. The number of nitrogens with one attached hydrogen (secondary N) is 1. The van der Waals surface area contributed by atoms with Crippen LogP contribution in [0.5, 0.6) is 11.5 Å². The molecule has 0 unspecified atom stereocenters. The summed E-state index contributed by atoms with van der Waals surface area (Å²) in [5.41, 5.74) is 5.79. The Balaban J connectivity index is 3.02. The quantitative estimate of drug-likeness (QED) is 0.836. The van der Waals surface area contributed by atoms with Crippen LogP contribution in [-0.2, 0) is 5.41 Å². The maximum absolute atomic E-state index is 10.8. The van der Waals surface area contributed by atoms with Gasteiger partial charge in [-0.25, -0.2) is 4.79 Å². The van der Waals surface area contributed by atoms with Crippen molar-refractivity contribution in [3.05, 3.63) is 23.8 Å². The molecule has 100 valence electrons. The Morgan fingerprint density at radius 3 is 2.50 bits per heavy atom. The zero-order valence-electron chi connectivity index (χ0n) is 11.2. The molecule has 0 bridgehead atoms. The molecule has 1 aromatic carbocycles. The summed E-state index contributed by atoms with van der Waals surface area (Å²) in [4.78, 5) is 10.8. The number of methoxy groups -OCH3 is 2. The summed E-state index contributed by atoms with van der Waals surface area (Å²) in [5, 5.41) is 2.62. The SMILES string of the molecule is COc1ccc(C(C)(C)CNC(N)=O)c(OC)c1. The normalized spacial score (nSPS) is 10.9. The van der Waals surface area contributed by atoms with Crippen LogP contribution in [0.4, 0.5) is 4.79 Å². The number of hydrogen-bond acceptors (Lipinski definition) is 3. The van der Waals surface area contributed by atoms with E-state index in [1.54, 1.807) is 14.2 Å². The van der Waals surface area contributed by atoms with E-state index in [9.17, 15) is 4.79 Å². The van der Waals surface area contributed by atoms with E-state index in [-0.39, 0.29) is 5.41 Å². The molecule has 2 amide bonds. The van der Waals surface area contributed by atoms with Gasteiger partial charge in [0.15, 0.2) is 0 Å². The van der Waals surface area contributed by atoms with Crippen LogP contribution < -0.4 is 20.5 Å². The molecule has 0 saturated heterocycles. The van der Waals surface area contributed by atoms with Gasteiger partial charge in [-0.05, 0) is 6.07 Å². The molecule has 0 saturated carbocycles. The predicted molar refractivity (Wildman–Crippen MR) is 70.2 cm³/mol. The minimum Gasteiger partial charge on any atom is -0.497 e. The topological polar surface area (TPSA) is 73.6 Å². The molecular formula is C13H20N2O3. The van der Waals surface area contributed by atoms with Gasteiger partial charge in [-0.3, -0.25) is 0 Å². The highest BCUT2D eigenvalue weighted by atomic mass is 16.5. The fourth-order valence-corrected chi connectivity index (χ4v) is 1.76. The molecule has 0 aromatic heterocycles. The average Bonchev–Trinajstić information content (AvgIpc) is 2.35. The molecule has 0 aliphatic heterocycles. The fraction of sp³-hybridized carbons (Fsp3) is 0.462. The van der Waals surface area contributed by atoms with Crippen LogP contribution in [0.1, 0.15) is 19.4 Å². The van der Waals surface area contributed by atoms with Gasteiger partial charge in [-0.2, -0.15) is 0 Å². The average molecular weight is 252 g/mol. The van der Waals surface area contributed by atoms with E-state index in [1.165, 1.54) is 0 Å². The van der Waals surface area contributed by atoms with Gasteiger partial charge < -0.3 is 20.5 Å². The van der Waals surface area contributed by atoms with Crippen LogP contribution in [0.15, 0.2) is 18.2 Å². The number of carbonyl (C=O) groups excluding carboxylic acids is 1. The molecule has 0 fully saturated rings. The fourth-order valence-electron chi connectivity index (χ4n) is 1.76. The maximum atomic E-state index is 10.8.